The van der Waals surface area contributed by atoms with Gasteiger partial charge < -0.3 is 14.6 Å². The molecule has 0 fully saturated rings. The van der Waals surface area contributed by atoms with Crippen molar-refractivity contribution in [1.82, 2.24) is 0 Å². The normalized spacial score (nSPS) is 11.6. The van der Waals surface area contributed by atoms with E-state index in [1.807, 2.05) is 19.1 Å². The summed E-state index contributed by atoms with van der Waals surface area (Å²) in [5, 5.41) is 9.21. The second kappa shape index (κ2) is 8.33. The Morgan fingerprint density at radius 1 is 1.00 bits per heavy atom. The van der Waals surface area contributed by atoms with Crippen LogP contribution in [0.25, 0.3) is 0 Å². The smallest absolute Gasteiger partial charge is 0.303 e. The van der Waals surface area contributed by atoms with Gasteiger partial charge in [-0.05, 0) is 48.4 Å². The van der Waals surface area contributed by atoms with Crippen molar-refractivity contribution in [2.45, 2.75) is 25.7 Å². The molecule has 0 amide bonds. The third-order valence-electron chi connectivity index (χ3n) is 4.16. The lowest BCUT2D eigenvalue weighted by Gasteiger charge is -2.16. The standard InChI is InChI=1S/C20H22O5/c1-13-10-15(6-9-19(13)25-3)16(12-20(22)23)11-18(21)14-4-7-17(24-2)8-5-14/h4-10,16H,11-12H2,1-3H3,(H,22,23). The fourth-order valence-corrected chi connectivity index (χ4v) is 2.79. The zero-order valence-electron chi connectivity index (χ0n) is 14.6. The maximum Gasteiger partial charge on any atom is 0.303 e. The minimum Gasteiger partial charge on any atom is -0.497 e. The molecule has 0 aliphatic heterocycles. The molecule has 0 aromatic heterocycles. The summed E-state index contributed by atoms with van der Waals surface area (Å²) in [6, 6.07) is 12.3. The number of hydrogen-bond donors (Lipinski definition) is 1. The van der Waals surface area contributed by atoms with Crippen molar-refractivity contribution in [2.75, 3.05) is 14.2 Å². The van der Waals surface area contributed by atoms with Crippen LogP contribution in [0, 0.1) is 6.92 Å². The van der Waals surface area contributed by atoms with Gasteiger partial charge in [-0.15, -0.1) is 0 Å². The van der Waals surface area contributed by atoms with Gasteiger partial charge >= 0.3 is 5.97 Å². The summed E-state index contributed by atoms with van der Waals surface area (Å²) in [7, 11) is 3.15. The summed E-state index contributed by atoms with van der Waals surface area (Å²) < 4.78 is 10.3. The zero-order valence-corrected chi connectivity index (χ0v) is 14.6. The van der Waals surface area contributed by atoms with Crippen LogP contribution in [0.1, 0.15) is 40.2 Å². The van der Waals surface area contributed by atoms with E-state index in [1.165, 1.54) is 0 Å². The second-order valence-corrected chi connectivity index (χ2v) is 5.88. The summed E-state index contributed by atoms with van der Waals surface area (Å²) in [5.74, 6) is -0.0104. The maximum absolute atomic E-state index is 12.6. The molecule has 132 valence electrons. The molecule has 0 aliphatic rings. The molecular formula is C20H22O5. The van der Waals surface area contributed by atoms with Gasteiger partial charge in [0.05, 0.1) is 20.6 Å². The third-order valence-corrected chi connectivity index (χ3v) is 4.16. The summed E-state index contributed by atoms with van der Waals surface area (Å²) >= 11 is 0. The monoisotopic (exact) mass is 342 g/mol. The first kappa shape index (κ1) is 18.5. The second-order valence-electron chi connectivity index (χ2n) is 5.88. The van der Waals surface area contributed by atoms with Gasteiger partial charge in [-0.3, -0.25) is 9.59 Å². The fraction of sp³-hybridized carbons (Fsp3) is 0.300. The molecule has 1 atom stereocenters. The molecule has 0 radical (unpaired) electrons. The third kappa shape index (κ3) is 4.83. The summed E-state index contributed by atoms with van der Waals surface area (Å²) in [6.45, 7) is 1.89. The molecule has 0 saturated carbocycles. The van der Waals surface area contributed by atoms with Crippen LogP contribution in [0.3, 0.4) is 0 Å². The molecule has 2 aromatic carbocycles. The van der Waals surface area contributed by atoms with Crippen LogP contribution in [0.15, 0.2) is 42.5 Å². The van der Waals surface area contributed by atoms with Crippen LogP contribution >= 0.6 is 0 Å². The van der Waals surface area contributed by atoms with Crippen LogP contribution in [-0.4, -0.2) is 31.1 Å². The van der Waals surface area contributed by atoms with Crippen molar-refractivity contribution < 1.29 is 24.2 Å². The number of methoxy groups -OCH3 is 2. The van der Waals surface area contributed by atoms with Gasteiger partial charge in [0.2, 0.25) is 0 Å². The van der Waals surface area contributed by atoms with Crippen molar-refractivity contribution in [2.24, 2.45) is 0 Å². The van der Waals surface area contributed by atoms with E-state index < -0.39 is 11.9 Å². The summed E-state index contributed by atoms with van der Waals surface area (Å²) in [5.41, 5.74) is 2.27. The number of aliphatic carboxylic acids is 1. The van der Waals surface area contributed by atoms with Crippen LogP contribution in [-0.2, 0) is 4.79 Å². The van der Waals surface area contributed by atoms with Gasteiger partial charge in [0.15, 0.2) is 5.78 Å². The molecule has 0 saturated heterocycles. The highest BCUT2D eigenvalue weighted by Gasteiger charge is 2.21. The molecule has 5 nitrogen and oxygen atoms in total. The average Bonchev–Trinajstić information content (AvgIpc) is 2.60. The van der Waals surface area contributed by atoms with Crippen molar-refractivity contribution >= 4 is 11.8 Å². The number of carboxylic acid groups (broad SMARTS) is 1. The van der Waals surface area contributed by atoms with Gasteiger partial charge in [0.25, 0.3) is 0 Å². The van der Waals surface area contributed by atoms with E-state index in [1.54, 1.807) is 44.6 Å². The Morgan fingerprint density at radius 2 is 1.68 bits per heavy atom. The Morgan fingerprint density at radius 3 is 2.20 bits per heavy atom. The number of carboxylic acids is 1. The highest BCUT2D eigenvalue weighted by molar-refractivity contribution is 5.97. The Labute approximate surface area is 147 Å². The Bertz CT molecular complexity index is 749. The van der Waals surface area contributed by atoms with Gasteiger partial charge in [-0.2, -0.15) is 0 Å². The van der Waals surface area contributed by atoms with E-state index in [4.69, 9.17) is 9.47 Å². The highest BCUT2D eigenvalue weighted by Crippen LogP contribution is 2.29. The molecule has 0 bridgehead atoms. The largest absolute Gasteiger partial charge is 0.497 e. The summed E-state index contributed by atoms with van der Waals surface area (Å²) in [6.07, 6.45) is 0.0259. The Balaban J connectivity index is 2.23. The first-order chi connectivity index (χ1) is 11.9. The Kier molecular flexibility index (Phi) is 6.17. The molecule has 25 heavy (non-hydrogen) atoms. The van der Waals surface area contributed by atoms with Gasteiger partial charge in [-0.1, -0.05) is 12.1 Å². The zero-order chi connectivity index (χ0) is 18.4. The molecular weight excluding hydrogens is 320 g/mol. The van der Waals surface area contributed by atoms with Crippen molar-refractivity contribution in [3.63, 3.8) is 0 Å². The van der Waals surface area contributed by atoms with Gasteiger partial charge in [0, 0.05) is 17.9 Å². The number of ketones is 1. The minimum atomic E-state index is -0.930. The Hall–Kier alpha value is -2.82. The molecule has 2 aromatic rings. The molecule has 0 aliphatic carbocycles. The topological polar surface area (TPSA) is 72.8 Å². The lowest BCUT2D eigenvalue weighted by Crippen LogP contribution is -2.12. The van der Waals surface area contributed by atoms with Crippen LogP contribution in [0.2, 0.25) is 0 Å². The molecule has 2 rings (SSSR count). The number of rotatable bonds is 8. The lowest BCUT2D eigenvalue weighted by atomic mass is 9.88. The predicted octanol–water partition coefficient (Wildman–Crippen LogP) is 3.84. The van der Waals surface area contributed by atoms with E-state index in [-0.39, 0.29) is 18.6 Å². The van der Waals surface area contributed by atoms with E-state index in [0.717, 1.165) is 16.9 Å². The fourth-order valence-electron chi connectivity index (χ4n) is 2.79. The van der Waals surface area contributed by atoms with Crippen molar-refractivity contribution in [3.05, 3.63) is 59.2 Å². The van der Waals surface area contributed by atoms with Crippen molar-refractivity contribution in [3.8, 4) is 11.5 Å². The number of hydrogen-bond acceptors (Lipinski definition) is 4. The summed E-state index contributed by atoms with van der Waals surface area (Å²) in [4.78, 5) is 23.8. The van der Waals surface area contributed by atoms with Crippen LogP contribution < -0.4 is 9.47 Å². The first-order valence-electron chi connectivity index (χ1n) is 7.98. The van der Waals surface area contributed by atoms with E-state index in [9.17, 15) is 14.7 Å². The van der Waals surface area contributed by atoms with Crippen LogP contribution in [0.5, 0.6) is 11.5 Å². The number of ether oxygens (including phenoxy) is 2. The lowest BCUT2D eigenvalue weighted by molar-refractivity contribution is -0.137. The number of carbonyl (C=O) groups is 2. The SMILES string of the molecule is COc1ccc(C(=O)CC(CC(=O)O)c2ccc(OC)c(C)c2)cc1. The molecule has 5 heteroatoms. The van der Waals surface area contributed by atoms with Crippen LogP contribution in [0.4, 0.5) is 0 Å². The predicted molar refractivity (Wildman–Crippen MR) is 94.7 cm³/mol. The van der Waals surface area contributed by atoms with E-state index in [0.29, 0.717) is 11.3 Å². The van der Waals surface area contributed by atoms with E-state index >= 15 is 0 Å². The molecule has 0 heterocycles. The van der Waals surface area contributed by atoms with E-state index in [2.05, 4.69) is 0 Å². The quantitative estimate of drug-likeness (QED) is 0.738. The highest BCUT2D eigenvalue weighted by atomic mass is 16.5. The number of carbonyl (C=O) groups excluding carboxylic acids is 1. The first-order valence-corrected chi connectivity index (χ1v) is 7.98. The van der Waals surface area contributed by atoms with Gasteiger partial charge in [-0.25, -0.2) is 0 Å². The maximum atomic E-state index is 12.6. The minimum absolute atomic E-state index is 0.0950. The molecule has 0 spiro atoms. The van der Waals surface area contributed by atoms with Gasteiger partial charge in [0.1, 0.15) is 11.5 Å². The average molecular weight is 342 g/mol. The molecule has 1 N–H and O–H groups in total. The molecule has 1 unspecified atom stereocenters. The number of Topliss-reactive ketones (excluding diaryl/α,β-unsaturated/α-hetero) is 1. The number of aryl methyl sites for hydroxylation is 1. The number of benzene rings is 2. The van der Waals surface area contributed by atoms with Crippen molar-refractivity contribution in [1.29, 1.82) is 0 Å².